The summed E-state index contributed by atoms with van der Waals surface area (Å²) in [5.74, 6) is 1.73. The second-order valence-corrected chi connectivity index (χ2v) is 11.4. The van der Waals surface area contributed by atoms with Crippen LogP contribution in [0.4, 0.5) is 0 Å². The number of methoxy groups -OCH3 is 2. The van der Waals surface area contributed by atoms with Gasteiger partial charge in [-0.05, 0) is 66.1 Å². The predicted octanol–water partition coefficient (Wildman–Crippen LogP) is 7.14. The van der Waals surface area contributed by atoms with Crippen molar-refractivity contribution in [3.63, 3.8) is 0 Å². The molecule has 156 valence electrons. The van der Waals surface area contributed by atoms with E-state index in [9.17, 15) is 0 Å². The Kier molecular flexibility index (Phi) is 7.14. The zero-order valence-corrected chi connectivity index (χ0v) is 18.9. The Labute approximate surface area is 177 Å². The molecule has 0 spiro atoms. The van der Waals surface area contributed by atoms with Crippen LogP contribution in [-0.2, 0) is 0 Å². The molecule has 0 bridgehead atoms. The molecule has 0 aromatic heterocycles. The summed E-state index contributed by atoms with van der Waals surface area (Å²) in [4.78, 5) is 0. The smallest absolute Gasteiger partial charge is 0.130 e. The zero-order chi connectivity index (χ0) is 20.1. The second kappa shape index (κ2) is 9.98. The van der Waals surface area contributed by atoms with E-state index in [1.807, 2.05) is 12.1 Å². The van der Waals surface area contributed by atoms with Crippen LogP contribution in [0.2, 0.25) is 0 Å². The summed E-state index contributed by atoms with van der Waals surface area (Å²) in [6.07, 6.45) is 14.4. The van der Waals surface area contributed by atoms with Crippen LogP contribution < -0.4 is 14.8 Å². The topological polar surface area (TPSA) is 18.5 Å². The van der Waals surface area contributed by atoms with Crippen LogP contribution in [0.5, 0.6) is 11.5 Å². The fourth-order valence-electron chi connectivity index (χ4n) is 5.31. The molecule has 0 saturated heterocycles. The quantitative estimate of drug-likeness (QED) is 0.471. The Balaban J connectivity index is 1.69. The van der Waals surface area contributed by atoms with Crippen molar-refractivity contribution in [3.8, 4) is 22.6 Å². The first-order valence-electron chi connectivity index (χ1n) is 11.4. The van der Waals surface area contributed by atoms with Crippen LogP contribution in [0.3, 0.4) is 0 Å². The van der Waals surface area contributed by atoms with E-state index >= 15 is 0 Å². The van der Waals surface area contributed by atoms with Crippen molar-refractivity contribution in [2.45, 2.75) is 75.5 Å². The first-order valence-corrected chi connectivity index (χ1v) is 12.9. The largest absolute Gasteiger partial charge is 0.497 e. The fraction of sp³-hybridized carbons (Fsp3) is 0.538. The molecule has 3 heteroatoms. The minimum absolute atomic E-state index is 0.0874. The third-order valence-electron chi connectivity index (χ3n) is 6.80. The maximum Gasteiger partial charge on any atom is 0.130 e. The van der Waals surface area contributed by atoms with Gasteiger partial charge in [0.2, 0.25) is 0 Å². The molecule has 0 atom stereocenters. The molecule has 2 aromatic carbocycles. The van der Waals surface area contributed by atoms with E-state index in [0.717, 1.165) is 28.4 Å². The van der Waals surface area contributed by atoms with E-state index in [4.69, 9.17) is 9.47 Å². The lowest BCUT2D eigenvalue weighted by molar-refractivity contribution is 0.395. The van der Waals surface area contributed by atoms with Crippen molar-refractivity contribution >= 4 is 13.2 Å². The van der Waals surface area contributed by atoms with Crippen LogP contribution in [0.15, 0.2) is 42.5 Å². The van der Waals surface area contributed by atoms with Gasteiger partial charge in [-0.25, -0.2) is 0 Å². The molecule has 0 amide bonds. The lowest BCUT2D eigenvalue weighted by Gasteiger charge is -2.39. The zero-order valence-electron chi connectivity index (χ0n) is 18.0. The highest BCUT2D eigenvalue weighted by Crippen LogP contribution is 2.55. The standard InChI is InChI=1S/C26H35O2P/c1-27-21-16-17-25(26(19-21)28-2)20-10-9-15-24(18-20)29(22-11-5-3-6-12-22)23-13-7-4-8-14-23/h9-10,15-19,22-23H,3-8,11-14H2,1-2H3. The Morgan fingerprint density at radius 3 is 1.97 bits per heavy atom. The molecule has 2 saturated carbocycles. The summed E-state index contributed by atoms with van der Waals surface area (Å²) in [6, 6.07) is 15.6. The molecule has 4 rings (SSSR count). The van der Waals surface area contributed by atoms with Crippen molar-refractivity contribution in [1.82, 2.24) is 0 Å². The highest BCUT2D eigenvalue weighted by atomic mass is 31.1. The van der Waals surface area contributed by atoms with Gasteiger partial charge in [0, 0.05) is 11.6 Å². The molecule has 0 heterocycles. The Hall–Kier alpha value is -1.53. The number of benzene rings is 2. The van der Waals surface area contributed by atoms with Gasteiger partial charge >= 0.3 is 0 Å². The van der Waals surface area contributed by atoms with Crippen molar-refractivity contribution < 1.29 is 9.47 Å². The lowest BCUT2D eigenvalue weighted by Crippen LogP contribution is -2.26. The number of ether oxygens (including phenoxy) is 2. The summed E-state index contributed by atoms with van der Waals surface area (Å²) >= 11 is 0. The third-order valence-corrected chi connectivity index (χ3v) is 10.3. The van der Waals surface area contributed by atoms with Crippen LogP contribution in [0, 0.1) is 0 Å². The first-order chi connectivity index (χ1) is 14.3. The van der Waals surface area contributed by atoms with Crippen LogP contribution >= 0.6 is 7.92 Å². The first kappa shape index (κ1) is 20.7. The predicted molar refractivity (Wildman–Crippen MR) is 125 cm³/mol. The molecular weight excluding hydrogens is 375 g/mol. The van der Waals surface area contributed by atoms with Crippen LogP contribution in [-0.4, -0.2) is 25.5 Å². The minimum atomic E-state index is -0.0874. The average molecular weight is 411 g/mol. The molecule has 2 fully saturated rings. The van der Waals surface area contributed by atoms with Crippen LogP contribution in [0.1, 0.15) is 64.2 Å². The van der Waals surface area contributed by atoms with Gasteiger partial charge in [-0.3, -0.25) is 0 Å². The maximum atomic E-state index is 5.70. The minimum Gasteiger partial charge on any atom is -0.497 e. The van der Waals surface area contributed by atoms with Gasteiger partial charge in [0.1, 0.15) is 11.5 Å². The molecule has 2 aliphatic rings. The molecule has 0 unspecified atom stereocenters. The molecule has 0 N–H and O–H groups in total. The van der Waals surface area contributed by atoms with Gasteiger partial charge in [-0.1, -0.05) is 64.6 Å². The van der Waals surface area contributed by atoms with E-state index in [2.05, 4.69) is 30.3 Å². The third kappa shape index (κ3) is 4.80. The van der Waals surface area contributed by atoms with Gasteiger partial charge in [0.05, 0.1) is 14.2 Å². The van der Waals surface area contributed by atoms with Gasteiger partial charge in [-0.2, -0.15) is 0 Å². The maximum absolute atomic E-state index is 5.70. The summed E-state index contributed by atoms with van der Waals surface area (Å²) < 4.78 is 11.1. The molecule has 0 aliphatic heterocycles. The number of hydrogen-bond donors (Lipinski definition) is 0. The van der Waals surface area contributed by atoms with E-state index in [0.29, 0.717) is 0 Å². The molecule has 0 radical (unpaired) electrons. The molecule has 2 aromatic rings. The monoisotopic (exact) mass is 410 g/mol. The number of hydrogen-bond acceptors (Lipinski definition) is 2. The molecule has 2 nitrogen and oxygen atoms in total. The van der Waals surface area contributed by atoms with Crippen molar-refractivity contribution in [3.05, 3.63) is 42.5 Å². The molecule has 29 heavy (non-hydrogen) atoms. The Morgan fingerprint density at radius 1 is 0.724 bits per heavy atom. The summed E-state index contributed by atoms with van der Waals surface area (Å²) in [7, 11) is 3.37. The Bertz CT molecular complexity index is 773. The lowest BCUT2D eigenvalue weighted by atomic mass is 9.99. The van der Waals surface area contributed by atoms with Gasteiger partial charge < -0.3 is 9.47 Å². The van der Waals surface area contributed by atoms with E-state index in [1.54, 1.807) is 19.5 Å². The summed E-state index contributed by atoms with van der Waals surface area (Å²) in [5, 5.41) is 1.62. The van der Waals surface area contributed by atoms with Crippen LogP contribution in [0.25, 0.3) is 11.1 Å². The Morgan fingerprint density at radius 2 is 1.38 bits per heavy atom. The summed E-state index contributed by atoms with van der Waals surface area (Å²) in [5.41, 5.74) is 4.29. The van der Waals surface area contributed by atoms with Crippen molar-refractivity contribution in [2.75, 3.05) is 14.2 Å². The fourth-order valence-corrected chi connectivity index (χ4v) is 9.14. The van der Waals surface area contributed by atoms with E-state index < -0.39 is 0 Å². The van der Waals surface area contributed by atoms with Gasteiger partial charge in [0.25, 0.3) is 0 Å². The van der Waals surface area contributed by atoms with E-state index in [1.165, 1.54) is 69.8 Å². The SMILES string of the molecule is COc1ccc(-c2cccc(P(C3CCCCC3)C3CCCCC3)c2)c(OC)c1. The molecular formula is C26H35O2P. The highest BCUT2D eigenvalue weighted by Gasteiger charge is 2.32. The average Bonchev–Trinajstić information content (AvgIpc) is 2.80. The van der Waals surface area contributed by atoms with Crippen molar-refractivity contribution in [2.24, 2.45) is 0 Å². The van der Waals surface area contributed by atoms with E-state index in [-0.39, 0.29) is 7.92 Å². The highest BCUT2D eigenvalue weighted by molar-refractivity contribution is 7.67. The second-order valence-electron chi connectivity index (χ2n) is 8.61. The van der Waals surface area contributed by atoms with Gasteiger partial charge in [-0.15, -0.1) is 0 Å². The normalized spacial score (nSPS) is 18.7. The summed E-state index contributed by atoms with van der Waals surface area (Å²) in [6.45, 7) is 0. The van der Waals surface area contributed by atoms with Crippen molar-refractivity contribution in [1.29, 1.82) is 0 Å². The molecule has 2 aliphatic carbocycles. The number of rotatable bonds is 6. The van der Waals surface area contributed by atoms with Gasteiger partial charge in [0.15, 0.2) is 0 Å².